The van der Waals surface area contributed by atoms with Crippen LogP contribution in [0.5, 0.6) is 0 Å². The van der Waals surface area contributed by atoms with Crippen molar-refractivity contribution in [1.29, 1.82) is 0 Å². The Morgan fingerprint density at radius 3 is 2.68 bits per heavy atom. The van der Waals surface area contributed by atoms with Gasteiger partial charge in [-0.2, -0.15) is 15.0 Å². The van der Waals surface area contributed by atoms with Crippen LogP contribution in [0.4, 0.5) is 0 Å². The molecule has 130 valence electrons. The summed E-state index contributed by atoms with van der Waals surface area (Å²) in [6.07, 6.45) is 2.56. The molecule has 0 aliphatic carbocycles. The van der Waals surface area contributed by atoms with E-state index in [9.17, 15) is 4.79 Å². The average Bonchev–Trinajstić information content (AvgIpc) is 3.10. The lowest BCUT2D eigenvalue weighted by atomic mass is 10.1. The molecule has 2 heterocycles. The number of aromatic nitrogens is 5. The maximum atomic E-state index is 12.0. The molecule has 3 aromatic rings. The monoisotopic (exact) mass is 358 g/mol. The number of para-hydroxylation sites is 1. The minimum Gasteiger partial charge on any atom is -0.317 e. The standard InChI is InChI=1S/C15H18N8OS/c16-14(17)18-7-8-22-12(9-13(24)21-15(22)25)10-3-1-2-4-11(10)23-19-5-6-20-23/h1-6,9,14,18H,7-8,16-17H2,(H,21,24,25). The summed E-state index contributed by atoms with van der Waals surface area (Å²) < 4.78 is 2.13. The number of nitrogens with two attached hydrogens (primary N) is 2. The fourth-order valence-electron chi connectivity index (χ4n) is 2.51. The van der Waals surface area contributed by atoms with E-state index in [4.69, 9.17) is 23.7 Å². The van der Waals surface area contributed by atoms with Gasteiger partial charge >= 0.3 is 0 Å². The van der Waals surface area contributed by atoms with Gasteiger partial charge in [0, 0.05) is 24.7 Å². The van der Waals surface area contributed by atoms with Crippen molar-refractivity contribution in [3.05, 3.63) is 57.9 Å². The molecule has 0 amide bonds. The Bertz CT molecular complexity index is 960. The van der Waals surface area contributed by atoms with E-state index in [1.165, 1.54) is 10.9 Å². The van der Waals surface area contributed by atoms with Crippen LogP contribution in [-0.4, -0.2) is 37.4 Å². The quantitative estimate of drug-likeness (QED) is 0.358. The summed E-state index contributed by atoms with van der Waals surface area (Å²) in [5, 5.41) is 11.3. The van der Waals surface area contributed by atoms with E-state index in [0.717, 1.165) is 11.3 Å². The highest BCUT2D eigenvalue weighted by Gasteiger charge is 2.13. The van der Waals surface area contributed by atoms with Crippen molar-refractivity contribution in [3.8, 4) is 16.9 Å². The number of rotatable bonds is 6. The molecule has 0 saturated heterocycles. The first-order valence-corrected chi connectivity index (χ1v) is 8.02. The van der Waals surface area contributed by atoms with Gasteiger partial charge in [-0.25, -0.2) is 0 Å². The zero-order valence-electron chi connectivity index (χ0n) is 13.3. The van der Waals surface area contributed by atoms with Crippen LogP contribution in [-0.2, 0) is 6.54 Å². The summed E-state index contributed by atoms with van der Waals surface area (Å²) in [6, 6.07) is 9.02. The molecule has 1 aromatic carbocycles. The highest BCUT2D eigenvalue weighted by Crippen LogP contribution is 2.24. The van der Waals surface area contributed by atoms with Crippen molar-refractivity contribution in [1.82, 2.24) is 29.9 Å². The fraction of sp³-hybridized carbons (Fsp3) is 0.200. The third kappa shape index (κ3) is 3.88. The first kappa shape index (κ1) is 17.2. The van der Waals surface area contributed by atoms with Gasteiger partial charge in [-0.3, -0.25) is 15.1 Å². The van der Waals surface area contributed by atoms with Gasteiger partial charge in [0.05, 0.1) is 23.8 Å². The fourth-order valence-corrected chi connectivity index (χ4v) is 2.80. The van der Waals surface area contributed by atoms with Gasteiger partial charge in [-0.1, -0.05) is 18.2 Å². The maximum absolute atomic E-state index is 12.0. The number of aromatic amines is 1. The third-order valence-corrected chi connectivity index (χ3v) is 3.89. The lowest BCUT2D eigenvalue weighted by molar-refractivity contribution is 0.507. The van der Waals surface area contributed by atoms with Gasteiger partial charge in [0.1, 0.15) is 6.29 Å². The minimum absolute atomic E-state index is 0.275. The molecule has 2 aromatic heterocycles. The number of hydrogen-bond acceptors (Lipinski definition) is 7. The molecule has 0 radical (unpaired) electrons. The van der Waals surface area contributed by atoms with E-state index in [0.29, 0.717) is 23.6 Å². The van der Waals surface area contributed by atoms with Crippen molar-refractivity contribution < 1.29 is 0 Å². The van der Waals surface area contributed by atoms with Crippen LogP contribution in [0.1, 0.15) is 0 Å². The van der Waals surface area contributed by atoms with Gasteiger partial charge in [0.25, 0.3) is 5.56 Å². The SMILES string of the molecule is NC(N)NCCn1c(-c2ccccc2-n2nccn2)cc(=O)[nH]c1=S. The van der Waals surface area contributed by atoms with Gasteiger partial charge in [0.15, 0.2) is 4.77 Å². The molecule has 25 heavy (non-hydrogen) atoms. The van der Waals surface area contributed by atoms with E-state index in [-0.39, 0.29) is 5.56 Å². The normalized spacial score (nSPS) is 11.2. The molecule has 6 N–H and O–H groups in total. The molecular weight excluding hydrogens is 340 g/mol. The molecule has 0 atom stereocenters. The molecule has 0 saturated carbocycles. The molecular formula is C15H18N8OS. The second-order valence-electron chi connectivity index (χ2n) is 5.29. The van der Waals surface area contributed by atoms with Crippen LogP contribution in [0.25, 0.3) is 16.9 Å². The van der Waals surface area contributed by atoms with E-state index in [1.54, 1.807) is 12.4 Å². The first-order chi connectivity index (χ1) is 12.1. The first-order valence-electron chi connectivity index (χ1n) is 7.61. The molecule has 0 bridgehead atoms. The lowest BCUT2D eigenvalue weighted by Gasteiger charge is -2.17. The van der Waals surface area contributed by atoms with Gasteiger partial charge in [-0.15, -0.1) is 0 Å². The summed E-state index contributed by atoms with van der Waals surface area (Å²) in [4.78, 5) is 16.1. The number of nitrogens with zero attached hydrogens (tertiary/aromatic N) is 4. The van der Waals surface area contributed by atoms with Gasteiger partial charge in [-0.05, 0) is 18.3 Å². The summed E-state index contributed by atoms with van der Waals surface area (Å²) in [7, 11) is 0. The highest BCUT2D eigenvalue weighted by molar-refractivity contribution is 7.71. The van der Waals surface area contributed by atoms with Crippen molar-refractivity contribution in [2.24, 2.45) is 11.5 Å². The molecule has 0 spiro atoms. The summed E-state index contributed by atoms with van der Waals surface area (Å²) in [6.45, 7) is 0.976. The summed E-state index contributed by atoms with van der Waals surface area (Å²) >= 11 is 5.33. The van der Waals surface area contributed by atoms with E-state index < -0.39 is 6.29 Å². The Kier molecular flexibility index (Phi) is 5.14. The van der Waals surface area contributed by atoms with Gasteiger partial charge < -0.3 is 16.0 Å². The number of nitrogens with one attached hydrogen (secondary N) is 2. The largest absolute Gasteiger partial charge is 0.317 e. The van der Waals surface area contributed by atoms with Crippen LogP contribution < -0.4 is 22.3 Å². The zero-order valence-corrected chi connectivity index (χ0v) is 14.1. The van der Waals surface area contributed by atoms with E-state index in [1.807, 2.05) is 28.8 Å². The van der Waals surface area contributed by atoms with Crippen molar-refractivity contribution in [2.45, 2.75) is 12.8 Å². The predicted molar refractivity (Wildman–Crippen MR) is 96.4 cm³/mol. The Morgan fingerprint density at radius 2 is 1.96 bits per heavy atom. The average molecular weight is 358 g/mol. The van der Waals surface area contributed by atoms with Crippen LogP contribution in [0.15, 0.2) is 47.5 Å². The molecule has 0 unspecified atom stereocenters. The predicted octanol–water partition coefficient (Wildman–Crippen LogP) is -0.0558. The van der Waals surface area contributed by atoms with Crippen LogP contribution in [0.3, 0.4) is 0 Å². The molecule has 9 nitrogen and oxygen atoms in total. The maximum Gasteiger partial charge on any atom is 0.252 e. The van der Waals surface area contributed by atoms with Crippen LogP contribution in [0, 0.1) is 4.77 Å². The Balaban J connectivity index is 2.11. The smallest absolute Gasteiger partial charge is 0.252 e. The lowest BCUT2D eigenvalue weighted by Crippen LogP contribution is -2.46. The highest BCUT2D eigenvalue weighted by atomic mass is 32.1. The Labute approximate surface area is 148 Å². The van der Waals surface area contributed by atoms with Crippen LogP contribution >= 0.6 is 12.2 Å². The van der Waals surface area contributed by atoms with Gasteiger partial charge in [0.2, 0.25) is 0 Å². The topological polar surface area (TPSA) is 133 Å². The Hall–Kier alpha value is -2.66. The summed E-state index contributed by atoms with van der Waals surface area (Å²) in [5.41, 5.74) is 12.9. The van der Waals surface area contributed by atoms with Crippen molar-refractivity contribution in [3.63, 3.8) is 0 Å². The second-order valence-corrected chi connectivity index (χ2v) is 5.68. The number of hydrogen-bond donors (Lipinski definition) is 4. The van der Waals surface area contributed by atoms with Crippen molar-refractivity contribution in [2.75, 3.05) is 6.54 Å². The van der Waals surface area contributed by atoms with E-state index >= 15 is 0 Å². The number of H-pyrrole nitrogens is 1. The molecule has 0 aliphatic heterocycles. The summed E-state index contributed by atoms with van der Waals surface area (Å²) in [5.74, 6) is 0. The van der Waals surface area contributed by atoms with Crippen LogP contribution in [0.2, 0.25) is 0 Å². The van der Waals surface area contributed by atoms with E-state index in [2.05, 4.69) is 20.5 Å². The molecule has 0 aliphatic rings. The molecule has 3 rings (SSSR count). The molecule has 10 heteroatoms. The third-order valence-electron chi connectivity index (χ3n) is 3.56. The minimum atomic E-state index is -0.624. The molecule has 0 fully saturated rings. The zero-order chi connectivity index (χ0) is 17.8. The van der Waals surface area contributed by atoms with Crippen molar-refractivity contribution >= 4 is 12.2 Å². The second kappa shape index (κ2) is 7.49. The Morgan fingerprint density at radius 1 is 1.24 bits per heavy atom. The number of benzene rings is 1.